The summed E-state index contributed by atoms with van der Waals surface area (Å²) < 4.78 is 32.5. The summed E-state index contributed by atoms with van der Waals surface area (Å²) in [4.78, 5) is 16.3. The van der Waals surface area contributed by atoms with Gasteiger partial charge < -0.3 is 28.1 Å². The number of hydrogen-bond donors (Lipinski definition) is 0. The second-order valence-electron chi connectivity index (χ2n) is 7.40. The summed E-state index contributed by atoms with van der Waals surface area (Å²) in [6, 6.07) is 20.2. The molecule has 0 saturated heterocycles. The van der Waals surface area contributed by atoms with Crippen LogP contribution in [-0.4, -0.2) is 33.6 Å². The number of fused-ring (bicyclic) bond motifs is 2. The summed E-state index contributed by atoms with van der Waals surface area (Å²) in [5, 5.41) is 1.38. The van der Waals surface area contributed by atoms with Gasteiger partial charge in [-0.25, -0.2) is 9.79 Å². The normalized spacial score (nSPS) is 12.6. The Hall–Kier alpha value is -4.46. The fourth-order valence-electron chi connectivity index (χ4n) is 3.52. The first-order valence-corrected chi connectivity index (χ1v) is 10.5. The van der Waals surface area contributed by atoms with Crippen LogP contribution in [0.3, 0.4) is 0 Å². The number of rotatable bonds is 6. The van der Waals surface area contributed by atoms with Crippen molar-refractivity contribution in [3.05, 3.63) is 72.1 Å². The van der Waals surface area contributed by atoms with Gasteiger partial charge in [-0.1, -0.05) is 0 Å². The molecule has 4 aromatic rings. The number of methoxy groups -OCH3 is 2. The molecule has 0 atom stereocenters. The first-order valence-electron chi connectivity index (χ1n) is 10.5. The van der Waals surface area contributed by atoms with Gasteiger partial charge in [-0.05, 0) is 54.6 Å². The zero-order valence-corrected chi connectivity index (χ0v) is 18.6. The van der Waals surface area contributed by atoms with Crippen LogP contribution in [0.25, 0.3) is 22.3 Å². The van der Waals surface area contributed by atoms with Crippen molar-refractivity contribution in [1.82, 2.24) is 0 Å². The minimum atomic E-state index is -0.468. The molecule has 1 aliphatic rings. The maximum Gasteiger partial charge on any atom is 0.343 e. The number of esters is 1. The molecular formula is C26H21NO7. The van der Waals surface area contributed by atoms with Gasteiger partial charge in [-0.3, -0.25) is 0 Å². The van der Waals surface area contributed by atoms with Gasteiger partial charge >= 0.3 is 5.97 Å². The monoisotopic (exact) mass is 459 g/mol. The SMILES string of the molecule is COC(=O)COc1ccc2oc(-c3ccc(OC)cc3)cc(=Nc3ccc4c(c3)OCO4)c2c1. The molecule has 1 aliphatic heterocycles. The van der Waals surface area contributed by atoms with Crippen molar-refractivity contribution in [2.75, 3.05) is 27.6 Å². The number of benzene rings is 3. The molecule has 172 valence electrons. The lowest BCUT2D eigenvalue weighted by Gasteiger charge is -2.09. The van der Waals surface area contributed by atoms with E-state index in [4.69, 9.17) is 28.4 Å². The summed E-state index contributed by atoms with van der Waals surface area (Å²) >= 11 is 0. The number of carbonyl (C=O) groups excluding carboxylic acids is 1. The van der Waals surface area contributed by atoms with E-state index in [1.54, 1.807) is 25.3 Å². The molecule has 8 nitrogen and oxygen atoms in total. The average Bonchev–Trinajstić information content (AvgIpc) is 3.35. The van der Waals surface area contributed by atoms with E-state index in [1.807, 2.05) is 48.5 Å². The Morgan fingerprint density at radius 2 is 1.71 bits per heavy atom. The standard InChI is InChI=1S/C26H21NO7/c1-29-18-6-3-16(4-7-18)24-13-21(27-17-5-9-23-25(11-17)33-15-32-23)20-12-19(8-10-22(20)34-24)31-14-26(28)30-2/h3-13H,14-15H2,1-2H3. The Labute approximate surface area is 194 Å². The average molecular weight is 459 g/mol. The van der Waals surface area contributed by atoms with Gasteiger partial charge in [0.2, 0.25) is 6.79 Å². The predicted molar refractivity (Wildman–Crippen MR) is 124 cm³/mol. The first-order chi connectivity index (χ1) is 16.6. The fourth-order valence-corrected chi connectivity index (χ4v) is 3.52. The molecule has 5 rings (SSSR count). The molecule has 0 unspecified atom stereocenters. The second-order valence-corrected chi connectivity index (χ2v) is 7.40. The predicted octanol–water partition coefficient (Wildman–Crippen LogP) is 4.62. The van der Waals surface area contributed by atoms with Gasteiger partial charge in [-0.15, -0.1) is 0 Å². The van der Waals surface area contributed by atoms with Crippen molar-refractivity contribution in [2.45, 2.75) is 0 Å². The Morgan fingerprint density at radius 3 is 2.50 bits per heavy atom. The van der Waals surface area contributed by atoms with Crippen molar-refractivity contribution in [1.29, 1.82) is 0 Å². The van der Waals surface area contributed by atoms with E-state index in [2.05, 4.69) is 4.74 Å². The molecule has 0 fully saturated rings. The van der Waals surface area contributed by atoms with E-state index >= 15 is 0 Å². The molecule has 0 radical (unpaired) electrons. The van der Waals surface area contributed by atoms with Crippen molar-refractivity contribution in [3.63, 3.8) is 0 Å². The van der Waals surface area contributed by atoms with Crippen LogP contribution >= 0.6 is 0 Å². The van der Waals surface area contributed by atoms with Gasteiger partial charge in [-0.2, -0.15) is 0 Å². The van der Waals surface area contributed by atoms with Crippen LogP contribution in [-0.2, 0) is 9.53 Å². The van der Waals surface area contributed by atoms with E-state index < -0.39 is 5.97 Å². The zero-order chi connectivity index (χ0) is 23.5. The van der Waals surface area contributed by atoms with Gasteiger partial charge in [0.05, 0.1) is 25.3 Å². The van der Waals surface area contributed by atoms with Crippen molar-refractivity contribution < 1.29 is 32.9 Å². The molecule has 0 saturated carbocycles. The summed E-state index contributed by atoms with van der Waals surface area (Å²) in [5.74, 6) is 2.74. The Kier molecular flexibility index (Phi) is 5.78. The second kappa shape index (κ2) is 9.19. The van der Waals surface area contributed by atoms with Gasteiger partial charge in [0.1, 0.15) is 22.8 Å². The minimum absolute atomic E-state index is 0.189. The van der Waals surface area contributed by atoms with Crippen molar-refractivity contribution in [2.24, 2.45) is 4.99 Å². The molecule has 0 amide bonds. The third-order valence-electron chi connectivity index (χ3n) is 5.28. The lowest BCUT2D eigenvalue weighted by molar-refractivity contribution is -0.142. The largest absolute Gasteiger partial charge is 0.497 e. The minimum Gasteiger partial charge on any atom is -0.497 e. The van der Waals surface area contributed by atoms with Gasteiger partial charge in [0.15, 0.2) is 18.1 Å². The van der Waals surface area contributed by atoms with Crippen LogP contribution < -0.4 is 24.3 Å². The first kappa shape index (κ1) is 21.4. The maximum atomic E-state index is 11.5. The quantitative estimate of drug-likeness (QED) is 0.389. The molecule has 2 heterocycles. The van der Waals surface area contributed by atoms with E-state index in [0.717, 1.165) is 16.7 Å². The Bertz CT molecular complexity index is 1420. The summed E-state index contributed by atoms with van der Waals surface area (Å²) in [5.41, 5.74) is 2.17. The summed E-state index contributed by atoms with van der Waals surface area (Å²) in [6.45, 7) is -0.00777. The molecule has 0 bridgehead atoms. The molecule has 1 aromatic heterocycles. The number of ether oxygens (including phenoxy) is 5. The van der Waals surface area contributed by atoms with Crippen molar-refractivity contribution in [3.8, 4) is 34.3 Å². The van der Waals surface area contributed by atoms with E-state index in [0.29, 0.717) is 39.6 Å². The molecule has 8 heteroatoms. The van der Waals surface area contributed by atoms with Crippen LogP contribution in [0.4, 0.5) is 5.69 Å². The zero-order valence-electron chi connectivity index (χ0n) is 18.6. The third kappa shape index (κ3) is 4.38. The Balaban J connectivity index is 1.63. The van der Waals surface area contributed by atoms with E-state index in [1.165, 1.54) is 7.11 Å². The van der Waals surface area contributed by atoms with Crippen LogP contribution in [0.5, 0.6) is 23.0 Å². The van der Waals surface area contributed by atoms with E-state index in [9.17, 15) is 4.79 Å². The highest BCUT2D eigenvalue weighted by molar-refractivity contribution is 5.80. The summed E-state index contributed by atoms with van der Waals surface area (Å²) in [7, 11) is 2.94. The van der Waals surface area contributed by atoms with Crippen LogP contribution in [0.1, 0.15) is 0 Å². The van der Waals surface area contributed by atoms with Crippen LogP contribution in [0.2, 0.25) is 0 Å². The smallest absolute Gasteiger partial charge is 0.343 e. The van der Waals surface area contributed by atoms with Gasteiger partial charge in [0.25, 0.3) is 0 Å². The topological polar surface area (TPSA) is 88.7 Å². The Morgan fingerprint density at radius 1 is 0.912 bits per heavy atom. The maximum absolute atomic E-state index is 11.5. The van der Waals surface area contributed by atoms with Gasteiger partial charge in [0, 0.05) is 23.1 Å². The van der Waals surface area contributed by atoms with Crippen molar-refractivity contribution >= 4 is 22.6 Å². The molecule has 34 heavy (non-hydrogen) atoms. The number of nitrogens with zero attached hydrogens (tertiary/aromatic N) is 1. The highest BCUT2D eigenvalue weighted by atomic mass is 16.7. The van der Waals surface area contributed by atoms with Crippen LogP contribution in [0.15, 0.2) is 76.1 Å². The molecule has 3 aromatic carbocycles. The lowest BCUT2D eigenvalue weighted by atomic mass is 10.1. The third-order valence-corrected chi connectivity index (χ3v) is 5.28. The van der Waals surface area contributed by atoms with E-state index in [-0.39, 0.29) is 13.4 Å². The highest BCUT2D eigenvalue weighted by Crippen LogP contribution is 2.35. The fraction of sp³-hybridized carbons (Fsp3) is 0.154. The molecule has 0 aliphatic carbocycles. The molecular weight excluding hydrogens is 438 g/mol. The van der Waals surface area contributed by atoms with Crippen LogP contribution in [0, 0.1) is 0 Å². The number of carbonyl (C=O) groups is 1. The lowest BCUT2D eigenvalue weighted by Crippen LogP contribution is -2.12. The number of hydrogen-bond acceptors (Lipinski definition) is 8. The highest BCUT2D eigenvalue weighted by Gasteiger charge is 2.14. The molecule has 0 N–H and O–H groups in total. The molecule has 0 spiro atoms. The summed E-state index contributed by atoms with van der Waals surface area (Å²) in [6.07, 6.45) is 0.